The van der Waals surface area contributed by atoms with Gasteiger partial charge >= 0.3 is 5.97 Å². The third-order valence-electron chi connectivity index (χ3n) is 1.81. The van der Waals surface area contributed by atoms with Crippen LogP contribution in [-0.2, 0) is 9.53 Å². The lowest BCUT2D eigenvalue weighted by atomic mass is 10.00. The van der Waals surface area contributed by atoms with Crippen LogP contribution in [-0.4, -0.2) is 13.1 Å². The van der Waals surface area contributed by atoms with Gasteiger partial charge in [-0.1, -0.05) is 17.7 Å². The number of carbonyl (C=O) groups excluding carboxylic acids is 1. The van der Waals surface area contributed by atoms with Gasteiger partial charge in [0.2, 0.25) is 0 Å². The molecule has 0 aromatic heterocycles. The Morgan fingerprint density at radius 2 is 2.18 bits per heavy atom. The maximum Gasteiger partial charge on any atom is 0.333 e. The lowest BCUT2D eigenvalue weighted by Crippen LogP contribution is -2.06. The van der Waals surface area contributed by atoms with E-state index in [2.05, 4.69) is 11.7 Å². The van der Waals surface area contributed by atoms with E-state index in [1.807, 2.05) is 12.2 Å². The molecule has 1 aliphatic rings. The summed E-state index contributed by atoms with van der Waals surface area (Å²) in [6.45, 7) is 2.06. The topological polar surface area (TPSA) is 26.3 Å². The van der Waals surface area contributed by atoms with Crippen molar-refractivity contribution >= 4 is 5.97 Å². The van der Waals surface area contributed by atoms with Crippen LogP contribution < -0.4 is 0 Å². The van der Waals surface area contributed by atoms with Gasteiger partial charge in [-0.15, -0.1) is 0 Å². The Bertz CT molecular complexity index is 224. The van der Waals surface area contributed by atoms with Crippen molar-refractivity contribution in [3.05, 3.63) is 23.3 Å². The van der Waals surface area contributed by atoms with E-state index in [1.54, 1.807) is 0 Å². The molecule has 2 heteroatoms. The number of allylic oxidation sites excluding steroid dienone is 3. The number of rotatable bonds is 1. The fourth-order valence-corrected chi connectivity index (χ4v) is 1.04. The summed E-state index contributed by atoms with van der Waals surface area (Å²) in [6, 6.07) is 0. The van der Waals surface area contributed by atoms with Crippen LogP contribution in [0.5, 0.6) is 0 Å². The predicted octanol–water partition coefficient (Wildman–Crippen LogP) is 1.83. The van der Waals surface area contributed by atoms with Crippen molar-refractivity contribution in [3.8, 4) is 0 Å². The van der Waals surface area contributed by atoms with Crippen LogP contribution in [0.15, 0.2) is 23.3 Å². The Balaban J connectivity index is 2.68. The average Bonchev–Trinajstić information content (AvgIpc) is 2.05. The van der Waals surface area contributed by atoms with Crippen molar-refractivity contribution in [2.75, 3.05) is 7.11 Å². The smallest absolute Gasteiger partial charge is 0.333 e. The highest BCUT2D eigenvalue weighted by molar-refractivity contribution is 5.89. The Hall–Kier alpha value is -1.05. The number of hydrogen-bond acceptors (Lipinski definition) is 2. The van der Waals surface area contributed by atoms with E-state index in [-0.39, 0.29) is 5.97 Å². The standard InChI is InChI=1S/C9H12O2/c1-7-3-5-8(6-4-7)9(10)11-2/h3,5H,4,6H2,1-2H3. The van der Waals surface area contributed by atoms with Crippen LogP contribution in [0.25, 0.3) is 0 Å². The van der Waals surface area contributed by atoms with Crippen molar-refractivity contribution in [1.29, 1.82) is 0 Å². The van der Waals surface area contributed by atoms with Gasteiger partial charge in [0, 0.05) is 5.57 Å². The van der Waals surface area contributed by atoms with E-state index >= 15 is 0 Å². The first kappa shape index (κ1) is 8.05. The molecule has 0 heterocycles. The zero-order chi connectivity index (χ0) is 8.27. The highest BCUT2D eigenvalue weighted by atomic mass is 16.5. The molecule has 0 saturated carbocycles. The summed E-state index contributed by atoms with van der Waals surface area (Å²) in [5, 5.41) is 0. The zero-order valence-electron chi connectivity index (χ0n) is 6.89. The van der Waals surface area contributed by atoms with E-state index in [0.29, 0.717) is 0 Å². The van der Waals surface area contributed by atoms with E-state index in [9.17, 15) is 4.79 Å². The van der Waals surface area contributed by atoms with Crippen LogP contribution in [0.4, 0.5) is 0 Å². The van der Waals surface area contributed by atoms with Gasteiger partial charge in [0.1, 0.15) is 0 Å². The molecule has 0 aromatic carbocycles. The molecule has 0 saturated heterocycles. The Morgan fingerprint density at radius 3 is 2.64 bits per heavy atom. The van der Waals surface area contributed by atoms with Crippen molar-refractivity contribution < 1.29 is 9.53 Å². The maximum atomic E-state index is 11.0. The average molecular weight is 152 g/mol. The third-order valence-corrected chi connectivity index (χ3v) is 1.81. The Morgan fingerprint density at radius 1 is 1.45 bits per heavy atom. The molecule has 0 radical (unpaired) electrons. The van der Waals surface area contributed by atoms with E-state index in [0.717, 1.165) is 18.4 Å². The van der Waals surface area contributed by atoms with E-state index in [1.165, 1.54) is 12.7 Å². The summed E-state index contributed by atoms with van der Waals surface area (Å²) in [5.74, 6) is -0.200. The van der Waals surface area contributed by atoms with Gasteiger partial charge in [-0.3, -0.25) is 0 Å². The fraction of sp³-hybridized carbons (Fsp3) is 0.444. The summed E-state index contributed by atoms with van der Waals surface area (Å²) in [5.41, 5.74) is 2.09. The number of esters is 1. The summed E-state index contributed by atoms with van der Waals surface area (Å²) in [4.78, 5) is 11.0. The van der Waals surface area contributed by atoms with Crippen LogP contribution >= 0.6 is 0 Å². The normalized spacial score (nSPS) is 16.9. The number of hydrogen-bond donors (Lipinski definition) is 0. The van der Waals surface area contributed by atoms with Gasteiger partial charge in [0.15, 0.2) is 0 Å². The summed E-state index contributed by atoms with van der Waals surface area (Å²) >= 11 is 0. The first-order valence-electron chi connectivity index (χ1n) is 3.68. The molecule has 0 atom stereocenters. The molecule has 0 spiro atoms. The van der Waals surface area contributed by atoms with Crippen LogP contribution in [0.2, 0.25) is 0 Å². The van der Waals surface area contributed by atoms with Crippen molar-refractivity contribution in [3.63, 3.8) is 0 Å². The molecule has 0 unspecified atom stereocenters. The molecular formula is C9H12O2. The van der Waals surface area contributed by atoms with Gasteiger partial charge in [-0.25, -0.2) is 4.79 Å². The fourth-order valence-electron chi connectivity index (χ4n) is 1.04. The molecule has 0 N–H and O–H groups in total. The van der Waals surface area contributed by atoms with Crippen LogP contribution in [0.3, 0.4) is 0 Å². The van der Waals surface area contributed by atoms with Crippen LogP contribution in [0.1, 0.15) is 19.8 Å². The summed E-state index contributed by atoms with van der Waals surface area (Å²) < 4.78 is 4.59. The molecular weight excluding hydrogens is 140 g/mol. The molecule has 60 valence electrons. The van der Waals surface area contributed by atoms with Crippen LogP contribution in [0, 0.1) is 0 Å². The lowest BCUT2D eigenvalue weighted by molar-refractivity contribution is -0.136. The van der Waals surface area contributed by atoms with Gasteiger partial charge in [-0.05, 0) is 19.8 Å². The molecule has 1 aliphatic carbocycles. The van der Waals surface area contributed by atoms with E-state index < -0.39 is 0 Å². The SMILES string of the molecule is COC(=O)C1=CC=C(C)CC1. The van der Waals surface area contributed by atoms with Crippen molar-refractivity contribution in [2.45, 2.75) is 19.8 Å². The molecule has 0 aliphatic heterocycles. The van der Waals surface area contributed by atoms with Crippen molar-refractivity contribution in [2.24, 2.45) is 0 Å². The van der Waals surface area contributed by atoms with Gasteiger partial charge < -0.3 is 4.74 Å². The number of ether oxygens (including phenoxy) is 1. The summed E-state index contributed by atoms with van der Waals surface area (Å²) in [7, 11) is 1.41. The van der Waals surface area contributed by atoms with E-state index in [4.69, 9.17) is 0 Å². The summed E-state index contributed by atoms with van der Waals surface area (Å²) in [6.07, 6.45) is 5.59. The molecule has 2 nitrogen and oxygen atoms in total. The first-order valence-corrected chi connectivity index (χ1v) is 3.68. The highest BCUT2D eigenvalue weighted by Crippen LogP contribution is 2.18. The Labute approximate surface area is 66.5 Å². The Kier molecular flexibility index (Phi) is 2.47. The van der Waals surface area contributed by atoms with Gasteiger partial charge in [0.25, 0.3) is 0 Å². The van der Waals surface area contributed by atoms with Crippen molar-refractivity contribution in [1.82, 2.24) is 0 Å². The molecule has 1 rings (SSSR count). The molecule has 0 amide bonds. The minimum absolute atomic E-state index is 0.200. The number of methoxy groups -OCH3 is 1. The molecule has 0 aromatic rings. The second-order valence-electron chi connectivity index (χ2n) is 2.70. The molecule has 0 fully saturated rings. The lowest BCUT2D eigenvalue weighted by Gasteiger charge is -2.08. The minimum atomic E-state index is -0.200. The largest absolute Gasteiger partial charge is 0.466 e. The number of carbonyl (C=O) groups is 1. The molecule has 0 bridgehead atoms. The predicted molar refractivity (Wildman–Crippen MR) is 43.1 cm³/mol. The third kappa shape index (κ3) is 1.93. The second kappa shape index (κ2) is 3.37. The zero-order valence-corrected chi connectivity index (χ0v) is 6.89. The molecule has 11 heavy (non-hydrogen) atoms. The van der Waals surface area contributed by atoms with Gasteiger partial charge in [0.05, 0.1) is 7.11 Å². The highest BCUT2D eigenvalue weighted by Gasteiger charge is 2.10. The second-order valence-corrected chi connectivity index (χ2v) is 2.70. The monoisotopic (exact) mass is 152 g/mol. The maximum absolute atomic E-state index is 11.0. The minimum Gasteiger partial charge on any atom is -0.466 e. The van der Waals surface area contributed by atoms with Gasteiger partial charge in [-0.2, -0.15) is 0 Å². The first-order chi connectivity index (χ1) is 5.24. The quantitative estimate of drug-likeness (QED) is 0.536.